The van der Waals surface area contributed by atoms with Gasteiger partial charge < -0.3 is 5.73 Å². The molecule has 0 aliphatic carbocycles. The molecule has 2 heterocycles. The summed E-state index contributed by atoms with van der Waals surface area (Å²) in [6, 6.07) is 1.71. The second kappa shape index (κ2) is 2.86. The van der Waals surface area contributed by atoms with Gasteiger partial charge in [-0.25, -0.2) is 0 Å². The maximum absolute atomic E-state index is 5.98. The molecule has 68 valence electrons. The summed E-state index contributed by atoms with van der Waals surface area (Å²) in [7, 11) is 2.21. The largest absolute Gasteiger partial charge is 0.328 e. The molecule has 0 aromatic carbocycles. The predicted molar refractivity (Wildman–Crippen MR) is 50.9 cm³/mol. The minimum absolute atomic E-state index is 0.410. The van der Waals surface area contributed by atoms with E-state index in [9.17, 15) is 0 Å². The second-order valence-electron chi connectivity index (χ2n) is 4.26. The summed E-state index contributed by atoms with van der Waals surface area (Å²) >= 11 is 0. The molecule has 2 rings (SSSR count). The van der Waals surface area contributed by atoms with Crippen LogP contribution in [0, 0.1) is 0 Å². The first-order chi connectivity index (χ1) is 5.68. The summed E-state index contributed by atoms with van der Waals surface area (Å²) in [4.78, 5) is 2.47. The number of likely N-dealkylation sites (N-methyl/N-ethyl adjacent to an activating group) is 1. The van der Waals surface area contributed by atoms with E-state index in [4.69, 9.17) is 5.73 Å². The summed E-state index contributed by atoms with van der Waals surface area (Å²) in [5, 5.41) is 0. The molecule has 0 spiro atoms. The van der Waals surface area contributed by atoms with E-state index in [1.54, 1.807) is 0 Å². The Morgan fingerprint density at radius 3 is 3.00 bits per heavy atom. The normalized spacial score (nSPS) is 43.2. The van der Waals surface area contributed by atoms with Gasteiger partial charge in [0.05, 0.1) is 0 Å². The van der Waals surface area contributed by atoms with Gasteiger partial charge in [-0.3, -0.25) is 4.90 Å². The predicted octanol–water partition coefficient (Wildman–Crippen LogP) is 1.13. The molecule has 2 fully saturated rings. The van der Waals surface area contributed by atoms with Gasteiger partial charge in [0.15, 0.2) is 0 Å². The maximum atomic E-state index is 5.98. The van der Waals surface area contributed by atoms with Gasteiger partial charge in [-0.2, -0.15) is 0 Å². The zero-order valence-electron chi connectivity index (χ0n) is 7.79. The van der Waals surface area contributed by atoms with Crippen LogP contribution in [0.25, 0.3) is 0 Å². The number of hydrogen-bond acceptors (Lipinski definition) is 2. The molecule has 2 heteroatoms. The van der Waals surface area contributed by atoms with Crippen LogP contribution in [-0.2, 0) is 0 Å². The lowest BCUT2D eigenvalue weighted by molar-refractivity contribution is 0.0915. The van der Waals surface area contributed by atoms with Crippen LogP contribution < -0.4 is 5.73 Å². The fraction of sp³-hybridized carbons (Fsp3) is 0.800. The van der Waals surface area contributed by atoms with E-state index >= 15 is 0 Å². The van der Waals surface area contributed by atoms with Crippen molar-refractivity contribution >= 4 is 0 Å². The Balaban J connectivity index is 2.16. The summed E-state index contributed by atoms with van der Waals surface area (Å²) in [6.45, 7) is 4.12. The van der Waals surface area contributed by atoms with Crippen molar-refractivity contribution < 1.29 is 0 Å². The second-order valence-corrected chi connectivity index (χ2v) is 4.26. The molecule has 2 aliphatic heterocycles. The minimum Gasteiger partial charge on any atom is -0.328 e. The van der Waals surface area contributed by atoms with Crippen molar-refractivity contribution in [2.24, 2.45) is 5.73 Å². The lowest BCUT2D eigenvalue weighted by Crippen LogP contribution is -2.54. The van der Waals surface area contributed by atoms with Crippen molar-refractivity contribution in [1.29, 1.82) is 0 Å². The fourth-order valence-electron chi connectivity index (χ4n) is 2.61. The molecule has 0 aromatic rings. The van der Waals surface area contributed by atoms with Crippen LogP contribution in [0.1, 0.15) is 25.7 Å². The van der Waals surface area contributed by atoms with Crippen molar-refractivity contribution in [2.45, 2.75) is 43.8 Å². The van der Waals surface area contributed by atoms with Gasteiger partial charge in [0.1, 0.15) is 0 Å². The number of nitrogens with zero attached hydrogens (tertiary/aromatic N) is 1. The third kappa shape index (κ3) is 1.19. The lowest BCUT2D eigenvalue weighted by Gasteiger charge is -2.47. The molecule has 3 atom stereocenters. The summed E-state index contributed by atoms with van der Waals surface area (Å²) in [5.41, 5.74) is 7.37. The highest BCUT2D eigenvalue weighted by Crippen LogP contribution is 2.34. The molecule has 12 heavy (non-hydrogen) atoms. The van der Waals surface area contributed by atoms with Crippen LogP contribution in [0.4, 0.5) is 0 Å². The minimum atomic E-state index is 0.410. The molecule has 0 aromatic heterocycles. The molecule has 0 unspecified atom stereocenters. The Bertz CT molecular complexity index is 200. The van der Waals surface area contributed by atoms with Crippen LogP contribution in [0.2, 0.25) is 0 Å². The number of fused-ring (bicyclic) bond motifs is 2. The van der Waals surface area contributed by atoms with Crippen LogP contribution in [-0.4, -0.2) is 30.1 Å². The highest BCUT2D eigenvalue weighted by atomic mass is 15.2. The van der Waals surface area contributed by atoms with E-state index in [0.717, 1.165) is 12.5 Å². The summed E-state index contributed by atoms with van der Waals surface area (Å²) in [6.07, 6.45) is 4.78. The van der Waals surface area contributed by atoms with E-state index in [2.05, 4.69) is 18.5 Å². The molecular formula is C10H18N2. The average Bonchev–Trinajstić information content (AvgIpc) is 2.01. The van der Waals surface area contributed by atoms with Gasteiger partial charge >= 0.3 is 0 Å². The molecule has 2 N–H and O–H groups in total. The molecular weight excluding hydrogens is 148 g/mol. The van der Waals surface area contributed by atoms with Gasteiger partial charge in [0.2, 0.25) is 0 Å². The molecule has 0 radical (unpaired) electrons. The highest BCUT2D eigenvalue weighted by Gasteiger charge is 2.36. The average molecular weight is 166 g/mol. The number of rotatable bonds is 0. The summed E-state index contributed by atoms with van der Waals surface area (Å²) in [5.74, 6) is 0. The van der Waals surface area contributed by atoms with Gasteiger partial charge in [-0.05, 0) is 32.7 Å². The quantitative estimate of drug-likeness (QED) is 0.546. The first kappa shape index (κ1) is 8.27. The Morgan fingerprint density at radius 1 is 1.50 bits per heavy atom. The zero-order valence-corrected chi connectivity index (χ0v) is 7.79. The third-order valence-electron chi connectivity index (χ3n) is 3.44. The number of piperidine rings is 2. The van der Waals surface area contributed by atoms with E-state index < -0.39 is 0 Å². The first-order valence-electron chi connectivity index (χ1n) is 4.83. The zero-order chi connectivity index (χ0) is 8.72. The van der Waals surface area contributed by atoms with E-state index in [1.807, 2.05) is 0 Å². The Labute approximate surface area is 74.4 Å². The van der Waals surface area contributed by atoms with E-state index in [0.29, 0.717) is 12.1 Å². The molecule has 0 amide bonds. The Kier molecular flexibility index (Phi) is 1.97. The SMILES string of the molecule is C=C1CC[C@H]2C[C@H](N)C[C@@H]1N2C. The standard InChI is InChI=1S/C10H18N2/c1-7-3-4-9-5-8(11)6-10(7)12(9)2/h8-10H,1,3-6,11H2,2H3/t8-,9-,10-/m0/s1. The molecule has 2 nitrogen and oxygen atoms in total. The Morgan fingerprint density at radius 2 is 2.25 bits per heavy atom. The first-order valence-corrected chi connectivity index (χ1v) is 4.83. The number of nitrogens with two attached hydrogens (primary N) is 1. The van der Waals surface area contributed by atoms with Crippen molar-refractivity contribution in [2.75, 3.05) is 7.05 Å². The highest BCUT2D eigenvalue weighted by molar-refractivity contribution is 5.14. The third-order valence-corrected chi connectivity index (χ3v) is 3.44. The smallest absolute Gasteiger partial charge is 0.0319 e. The van der Waals surface area contributed by atoms with E-state index in [-0.39, 0.29) is 0 Å². The van der Waals surface area contributed by atoms with Gasteiger partial charge in [-0.15, -0.1) is 0 Å². The van der Waals surface area contributed by atoms with Crippen LogP contribution in [0.15, 0.2) is 12.2 Å². The van der Waals surface area contributed by atoms with Crippen molar-refractivity contribution in [3.63, 3.8) is 0 Å². The van der Waals surface area contributed by atoms with Crippen molar-refractivity contribution in [3.05, 3.63) is 12.2 Å². The molecule has 2 aliphatic rings. The fourth-order valence-corrected chi connectivity index (χ4v) is 2.61. The summed E-state index contributed by atoms with van der Waals surface area (Å²) < 4.78 is 0. The van der Waals surface area contributed by atoms with Crippen LogP contribution in [0.5, 0.6) is 0 Å². The van der Waals surface area contributed by atoms with Gasteiger partial charge in [0, 0.05) is 18.1 Å². The Hall–Kier alpha value is -0.340. The van der Waals surface area contributed by atoms with Gasteiger partial charge in [-0.1, -0.05) is 12.2 Å². The van der Waals surface area contributed by atoms with E-state index in [1.165, 1.54) is 24.8 Å². The van der Waals surface area contributed by atoms with Gasteiger partial charge in [0.25, 0.3) is 0 Å². The van der Waals surface area contributed by atoms with Crippen molar-refractivity contribution in [3.8, 4) is 0 Å². The molecule has 2 bridgehead atoms. The van der Waals surface area contributed by atoms with Crippen LogP contribution >= 0.6 is 0 Å². The number of hydrogen-bond donors (Lipinski definition) is 1. The molecule has 0 saturated carbocycles. The van der Waals surface area contributed by atoms with Crippen LogP contribution in [0.3, 0.4) is 0 Å². The molecule has 2 saturated heterocycles. The van der Waals surface area contributed by atoms with Crippen molar-refractivity contribution in [1.82, 2.24) is 4.90 Å². The monoisotopic (exact) mass is 166 g/mol. The lowest BCUT2D eigenvalue weighted by atomic mass is 9.80. The topological polar surface area (TPSA) is 29.3 Å². The maximum Gasteiger partial charge on any atom is 0.0319 e.